The lowest BCUT2D eigenvalue weighted by Gasteiger charge is -2.29. The minimum atomic E-state index is -0.819. The van der Waals surface area contributed by atoms with Gasteiger partial charge >= 0.3 is 6.09 Å². The first-order valence-corrected chi connectivity index (χ1v) is 5.03. The highest BCUT2D eigenvalue weighted by Crippen LogP contribution is 2.23. The van der Waals surface area contributed by atoms with Crippen molar-refractivity contribution in [3.05, 3.63) is 0 Å². The lowest BCUT2D eigenvalue weighted by Crippen LogP contribution is -2.37. The summed E-state index contributed by atoms with van der Waals surface area (Å²) in [5.41, 5.74) is 4.41. The molecule has 0 aliphatic heterocycles. The number of nitrogens with two attached hydrogens (primary N) is 1. The highest BCUT2D eigenvalue weighted by atomic mass is 16.5. The number of ether oxygens (including phenoxy) is 1. The molecule has 0 aromatic heterocycles. The molecule has 0 aliphatic rings. The van der Waals surface area contributed by atoms with Crippen LogP contribution in [0.25, 0.3) is 0 Å². The number of hydrogen-bond acceptors (Lipinski definition) is 4. The van der Waals surface area contributed by atoms with E-state index in [1.165, 1.54) is 0 Å². The predicted molar refractivity (Wildman–Crippen MR) is 56.2 cm³/mol. The van der Waals surface area contributed by atoms with Gasteiger partial charge < -0.3 is 20.7 Å². The minimum Gasteiger partial charge on any atom is -0.450 e. The molecule has 0 aromatic carbocycles. The molecule has 1 amide bonds. The largest absolute Gasteiger partial charge is 0.450 e. The van der Waals surface area contributed by atoms with Crippen LogP contribution in [-0.4, -0.2) is 35.1 Å². The molecule has 5 nitrogen and oxygen atoms in total. The minimum absolute atomic E-state index is 0.170. The summed E-state index contributed by atoms with van der Waals surface area (Å²) in [5.74, 6) is 0. The molecule has 0 aliphatic carbocycles. The quantitative estimate of drug-likeness (QED) is 0.591. The lowest BCUT2D eigenvalue weighted by molar-refractivity contribution is -0.0493. The molecule has 0 bridgehead atoms. The zero-order chi connectivity index (χ0) is 12.1. The second-order valence-electron chi connectivity index (χ2n) is 4.69. The van der Waals surface area contributed by atoms with Gasteiger partial charge in [-0.2, -0.15) is 0 Å². The molecule has 0 rings (SSSR count). The Morgan fingerprint density at radius 1 is 1.40 bits per heavy atom. The Bertz CT molecular complexity index is 200. The Labute approximate surface area is 90.2 Å². The molecule has 90 valence electrons. The zero-order valence-corrected chi connectivity index (χ0v) is 9.56. The van der Waals surface area contributed by atoms with Crippen LogP contribution in [0.15, 0.2) is 0 Å². The van der Waals surface area contributed by atoms with Gasteiger partial charge in [0.05, 0.1) is 18.8 Å². The average Bonchev–Trinajstić information content (AvgIpc) is 2.09. The van der Waals surface area contributed by atoms with Crippen molar-refractivity contribution in [3.63, 3.8) is 0 Å². The van der Waals surface area contributed by atoms with E-state index >= 15 is 0 Å². The van der Waals surface area contributed by atoms with Crippen molar-refractivity contribution in [2.24, 2.45) is 11.1 Å². The van der Waals surface area contributed by atoms with Gasteiger partial charge in [0, 0.05) is 0 Å². The molecular formula is C10H21NO4. The summed E-state index contributed by atoms with van der Waals surface area (Å²) >= 11 is 0. The second-order valence-corrected chi connectivity index (χ2v) is 4.69. The van der Waals surface area contributed by atoms with Crippen LogP contribution in [0.2, 0.25) is 0 Å². The zero-order valence-electron chi connectivity index (χ0n) is 9.56. The van der Waals surface area contributed by atoms with Crippen LogP contribution >= 0.6 is 0 Å². The van der Waals surface area contributed by atoms with Crippen molar-refractivity contribution < 1.29 is 19.7 Å². The summed E-state index contributed by atoms with van der Waals surface area (Å²) in [7, 11) is 0. The molecule has 0 fully saturated rings. The van der Waals surface area contributed by atoms with Gasteiger partial charge in [-0.15, -0.1) is 0 Å². The first-order valence-electron chi connectivity index (χ1n) is 5.03. The molecular weight excluding hydrogens is 198 g/mol. The van der Waals surface area contributed by atoms with E-state index in [1.807, 2.05) is 20.8 Å². The van der Waals surface area contributed by atoms with Gasteiger partial charge in [-0.05, 0) is 18.3 Å². The standard InChI is InChI=1S/C10H21NO4/c1-10(2,3)8(13)7(12)5-4-6-15-9(11)14/h7-8,12-13H,4-6H2,1-3H3,(H2,11,14)/t7-,8?/m1/s1. The normalized spacial score (nSPS) is 15.8. The molecule has 1 unspecified atom stereocenters. The van der Waals surface area contributed by atoms with Crippen molar-refractivity contribution in [2.45, 2.75) is 45.8 Å². The van der Waals surface area contributed by atoms with E-state index in [2.05, 4.69) is 4.74 Å². The van der Waals surface area contributed by atoms with E-state index in [-0.39, 0.29) is 12.0 Å². The van der Waals surface area contributed by atoms with Crippen molar-refractivity contribution >= 4 is 6.09 Å². The molecule has 0 spiro atoms. The Hall–Kier alpha value is -0.810. The Morgan fingerprint density at radius 2 is 1.93 bits per heavy atom. The van der Waals surface area contributed by atoms with Crippen LogP contribution in [0.3, 0.4) is 0 Å². The number of primary amides is 1. The first-order chi connectivity index (χ1) is 6.75. The van der Waals surface area contributed by atoms with Gasteiger partial charge in [0.2, 0.25) is 0 Å². The van der Waals surface area contributed by atoms with E-state index in [0.29, 0.717) is 12.8 Å². The molecule has 5 heteroatoms. The van der Waals surface area contributed by atoms with Crippen molar-refractivity contribution in [2.75, 3.05) is 6.61 Å². The van der Waals surface area contributed by atoms with Gasteiger partial charge in [-0.1, -0.05) is 20.8 Å². The number of carbonyl (C=O) groups is 1. The molecule has 0 heterocycles. The average molecular weight is 219 g/mol. The monoisotopic (exact) mass is 219 g/mol. The van der Waals surface area contributed by atoms with Crippen LogP contribution in [0.5, 0.6) is 0 Å². The third kappa shape index (κ3) is 6.30. The van der Waals surface area contributed by atoms with Gasteiger partial charge in [0.15, 0.2) is 0 Å². The second kappa shape index (κ2) is 5.92. The fourth-order valence-corrected chi connectivity index (χ4v) is 1.20. The number of aliphatic hydroxyl groups is 2. The maximum atomic E-state index is 10.2. The SMILES string of the molecule is CC(C)(C)C(O)[C@H](O)CCCOC(N)=O. The summed E-state index contributed by atoms with van der Waals surface area (Å²) in [6, 6.07) is 0. The van der Waals surface area contributed by atoms with Crippen molar-refractivity contribution in [1.29, 1.82) is 0 Å². The number of hydrogen-bond donors (Lipinski definition) is 3. The van der Waals surface area contributed by atoms with Crippen LogP contribution < -0.4 is 5.73 Å². The topological polar surface area (TPSA) is 92.8 Å². The summed E-state index contributed by atoms with van der Waals surface area (Å²) in [6.07, 6.45) is -1.54. The van der Waals surface area contributed by atoms with E-state index in [0.717, 1.165) is 0 Å². The molecule has 0 radical (unpaired) electrons. The van der Waals surface area contributed by atoms with Gasteiger partial charge in [0.25, 0.3) is 0 Å². The Balaban J connectivity index is 3.74. The molecule has 4 N–H and O–H groups in total. The molecule has 2 atom stereocenters. The summed E-state index contributed by atoms with van der Waals surface area (Å²) in [4.78, 5) is 10.2. The third-order valence-corrected chi connectivity index (χ3v) is 2.14. The van der Waals surface area contributed by atoms with Crippen LogP contribution in [-0.2, 0) is 4.74 Å². The van der Waals surface area contributed by atoms with E-state index in [1.54, 1.807) is 0 Å². The third-order valence-electron chi connectivity index (χ3n) is 2.14. The lowest BCUT2D eigenvalue weighted by atomic mass is 9.84. The number of aliphatic hydroxyl groups excluding tert-OH is 2. The maximum absolute atomic E-state index is 10.2. The van der Waals surface area contributed by atoms with Crippen LogP contribution in [0.4, 0.5) is 4.79 Å². The molecule has 0 aromatic rings. The van der Waals surface area contributed by atoms with Crippen molar-refractivity contribution in [3.8, 4) is 0 Å². The van der Waals surface area contributed by atoms with Crippen LogP contribution in [0.1, 0.15) is 33.6 Å². The van der Waals surface area contributed by atoms with E-state index in [9.17, 15) is 15.0 Å². The van der Waals surface area contributed by atoms with Gasteiger partial charge in [-0.25, -0.2) is 4.79 Å². The van der Waals surface area contributed by atoms with Crippen molar-refractivity contribution in [1.82, 2.24) is 0 Å². The Kier molecular flexibility index (Phi) is 5.60. The fraction of sp³-hybridized carbons (Fsp3) is 0.900. The fourth-order valence-electron chi connectivity index (χ4n) is 1.20. The molecule has 15 heavy (non-hydrogen) atoms. The maximum Gasteiger partial charge on any atom is 0.404 e. The number of carbonyl (C=O) groups excluding carboxylic acids is 1. The van der Waals surface area contributed by atoms with Crippen LogP contribution in [0, 0.1) is 5.41 Å². The Morgan fingerprint density at radius 3 is 2.33 bits per heavy atom. The summed E-state index contributed by atoms with van der Waals surface area (Å²) in [6.45, 7) is 5.71. The summed E-state index contributed by atoms with van der Waals surface area (Å²) < 4.78 is 4.50. The number of rotatable bonds is 5. The van der Waals surface area contributed by atoms with E-state index < -0.39 is 18.3 Å². The molecule has 0 saturated heterocycles. The first kappa shape index (κ1) is 14.2. The summed E-state index contributed by atoms with van der Waals surface area (Å²) in [5, 5.41) is 19.3. The highest BCUT2D eigenvalue weighted by molar-refractivity contribution is 5.64. The smallest absolute Gasteiger partial charge is 0.404 e. The van der Waals surface area contributed by atoms with Gasteiger partial charge in [-0.3, -0.25) is 0 Å². The molecule has 0 saturated carbocycles. The van der Waals surface area contributed by atoms with Gasteiger partial charge in [0.1, 0.15) is 0 Å². The number of amides is 1. The van der Waals surface area contributed by atoms with E-state index in [4.69, 9.17) is 5.73 Å². The highest BCUT2D eigenvalue weighted by Gasteiger charge is 2.28. The predicted octanol–water partition coefficient (Wildman–Crippen LogP) is 0.630.